The van der Waals surface area contributed by atoms with Crippen molar-refractivity contribution in [2.75, 3.05) is 33.4 Å². The predicted octanol–water partition coefficient (Wildman–Crippen LogP) is 2.14. The Labute approximate surface area is 150 Å². The molecule has 6 nitrogen and oxygen atoms in total. The highest BCUT2D eigenvalue weighted by Gasteiger charge is 2.46. The molecule has 1 aromatic heterocycles. The fourth-order valence-electron chi connectivity index (χ4n) is 4.36. The van der Waals surface area contributed by atoms with Crippen molar-refractivity contribution in [3.8, 4) is 0 Å². The average molecular weight is 346 g/mol. The van der Waals surface area contributed by atoms with Gasteiger partial charge in [0.15, 0.2) is 0 Å². The minimum absolute atomic E-state index is 0.00880. The SMILES string of the molecule is COCC1CC2(CCN(C(=O)c3cnc(C)cn3)CC2)CN1C(C)C. The Hall–Kier alpha value is -1.53. The van der Waals surface area contributed by atoms with E-state index in [1.165, 1.54) is 6.42 Å². The van der Waals surface area contributed by atoms with Gasteiger partial charge < -0.3 is 9.64 Å². The van der Waals surface area contributed by atoms with Gasteiger partial charge in [-0.25, -0.2) is 4.98 Å². The van der Waals surface area contributed by atoms with Crippen molar-refractivity contribution in [2.45, 2.75) is 52.1 Å². The van der Waals surface area contributed by atoms with Crippen LogP contribution in [0.1, 0.15) is 49.3 Å². The van der Waals surface area contributed by atoms with Gasteiger partial charge in [-0.3, -0.25) is 14.7 Å². The third-order valence-corrected chi connectivity index (χ3v) is 5.79. The van der Waals surface area contributed by atoms with Crippen LogP contribution in [-0.2, 0) is 4.74 Å². The molecular formula is C19H30N4O2. The molecule has 1 unspecified atom stereocenters. The number of aromatic nitrogens is 2. The van der Waals surface area contributed by atoms with Crippen LogP contribution < -0.4 is 0 Å². The normalized spacial score (nSPS) is 23.6. The Morgan fingerprint density at radius 1 is 1.32 bits per heavy atom. The summed E-state index contributed by atoms with van der Waals surface area (Å²) in [5.41, 5.74) is 1.61. The van der Waals surface area contributed by atoms with E-state index in [4.69, 9.17) is 4.74 Å². The molecule has 2 fully saturated rings. The van der Waals surface area contributed by atoms with E-state index in [1.807, 2.05) is 11.8 Å². The summed E-state index contributed by atoms with van der Waals surface area (Å²) in [6, 6.07) is 1.03. The first-order valence-electron chi connectivity index (χ1n) is 9.27. The van der Waals surface area contributed by atoms with Crippen LogP contribution in [-0.4, -0.2) is 71.1 Å². The standard InChI is InChI=1S/C19H30N4O2/c1-14(2)23-13-19(9-16(23)12-25-4)5-7-22(8-6-19)18(24)17-11-20-15(3)10-21-17/h10-11,14,16H,5-9,12-13H2,1-4H3. The van der Waals surface area contributed by atoms with Crippen LogP contribution in [0, 0.1) is 12.3 Å². The van der Waals surface area contributed by atoms with Crippen LogP contribution in [0.5, 0.6) is 0 Å². The number of ether oxygens (including phenoxy) is 1. The van der Waals surface area contributed by atoms with Crippen molar-refractivity contribution in [1.82, 2.24) is 19.8 Å². The first kappa shape index (κ1) is 18.3. The lowest BCUT2D eigenvalue weighted by Crippen LogP contribution is -2.45. The number of carbonyl (C=O) groups excluding carboxylic acids is 1. The zero-order valence-corrected chi connectivity index (χ0v) is 15.9. The largest absolute Gasteiger partial charge is 0.383 e. The Morgan fingerprint density at radius 3 is 2.60 bits per heavy atom. The summed E-state index contributed by atoms with van der Waals surface area (Å²) in [5, 5.41) is 0. The van der Waals surface area contributed by atoms with Gasteiger partial charge in [0, 0.05) is 45.0 Å². The van der Waals surface area contributed by atoms with Gasteiger partial charge in [0.1, 0.15) is 5.69 Å². The third kappa shape index (κ3) is 3.85. The van der Waals surface area contributed by atoms with Crippen molar-refractivity contribution in [1.29, 1.82) is 0 Å². The average Bonchev–Trinajstić information content (AvgIpc) is 2.94. The molecule has 2 aliphatic heterocycles. The smallest absolute Gasteiger partial charge is 0.274 e. The van der Waals surface area contributed by atoms with Gasteiger partial charge in [-0.15, -0.1) is 0 Å². The number of rotatable bonds is 4. The molecule has 1 amide bonds. The zero-order valence-electron chi connectivity index (χ0n) is 15.9. The van der Waals surface area contributed by atoms with E-state index >= 15 is 0 Å². The molecule has 1 atom stereocenters. The van der Waals surface area contributed by atoms with Crippen molar-refractivity contribution in [3.05, 3.63) is 23.8 Å². The summed E-state index contributed by atoms with van der Waals surface area (Å²) in [6.07, 6.45) is 6.53. The Bertz CT molecular complexity index is 594. The molecule has 0 bridgehead atoms. The van der Waals surface area contributed by atoms with E-state index < -0.39 is 0 Å². The fraction of sp³-hybridized carbons (Fsp3) is 0.737. The lowest BCUT2D eigenvalue weighted by molar-refractivity contribution is 0.0576. The second kappa shape index (κ2) is 7.38. The quantitative estimate of drug-likeness (QED) is 0.836. The van der Waals surface area contributed by atoms with E-state index in [0.717, 1.165) is 44.8 Å². The summed E-state index contributed by atoms with van der Waals surface area (Å²) < 4.78 is 5.45. The summed E-state index contributed by atoms with van der Waals surface area (Å²) in [5.74, 6) is 0.00880. The van der Waals surface area contributed by atoms with E-state index in [0.29, 0.717) is 23.2 Å². The number of hydrogen-bond acceptors (Lipinski definition) is 5. The molecule has 6 heteroatoms. The van der Waals surface area contributed by atoms with Gasteiger partial charge >= 0.3 is 0 Å². The maximum Gasteiger partial charge on any atom is 0.274 e. The first-order valence-corrected chi connectivity index (χ1v) is 9.27. The van der Waals surface area contributed by atoms with E-state index in [1.54, 1.807) is 19.5 Å². The molecule has 2 aliphatic rings. The Morgan fingerprint density at radius 2 is 2.04 bits per heavy atom. The zero-order chi connectivity index (χ0) is 18.0. The molecule has 1 aromatic rings. The van der Waals surface area contributed by atoms with Gasteiger partial charge in [0.25, 0.3) is 5.91 Å². The van der Waals surface area contributed by atoms with Crippen molar-refractivity contribution in [3.63, 3.8) is 0 Å². The van der Waals surface area contributed by atoms with Gasteiger partial charge in [0.05, 0.1) is 18.5 Å². The summed E-state index contributed by atoms with van der Waals surface area (Å²) in [6.45, 7) is 9.92. The molecule has 138 valence electrons. The molecule has 0 aliphatic carbocycles. The molecule has 2 saturated heterocycles. The van der Waals surface area contributed by atoms with Crippen molar-refractivity contribution >= 4 is 5.91 Å². The molecular weight excluding hydrogens is 316 g/mol. The number of hydrogen-bond donors (Lipinski definition) is 0. The maximum absolute atomic E-state index is 12.6. The number of likely N-dealkylation sites (tertiary alicyclic amines) is 2. The number of nitrogens with zero attached hydrogens (tertiary/aromatic N) is 4. The van der Waals surface area contributed by atoms with Crippen molar-refractivity contribution < 1.29 is 9.53 Å². The number of aryl methyl sites for hydroxylation is 1. The second-order valence-electron chi connectivity index (χ2n) is 7.91. The minimum atomic E-state index is 0.00880. The molecule has 3 heterocycles. The fourth-order valence-corrected chi connectivity index (χ4v) is 4.36. The van der Waals surface area contributed by atoms with Crippen LogP contribution in [0.25, 0.3) is 0 Å². The molecule has 3 rings (SSSR count). The molecule has 1 spiro atoms. The van der Waals surface area contributed by atoms with Crippen LogP contribution in [0.3, 0.4) is 0 Å². The van der Waals surface area contributed by atoms with Crippen molar-refractivity contribution in [2.24, 2.45) is 5.41 Å². The molecule has 0 aromatic carbocycles. The summed E-state index contributed by atoms with van der Waals surface area (Å²) >= 11 is 0. The monoisotopic (exact) mass is 346 g/mol. The summed E-state index contributed by atoms with van der Waals surface area (Å²) in [4.78, 5) is 25.6. The van der Waals surface area contributed by atoms with Gasteiger partial charge in [-0.1, -0.05) is 0 Å². The maximum atomic E-state index is 12.6. The second-order valence-corrected chi connectivity index (χ2v) is 7.91. The number of piperidine rings is 1. The highest BCUT2D eigenvalue weighted by molar-refractivity contribution is 5.92. The van der Waals surface area contributed by atoms with E-state index in [2.05, 4.69) is 28.7 Å². The highest BCUT2D eigenvalue weighted by Crippen LogP contribution is 2.44. The predicted molar refractivity (Wildman–Crippen MR) is 96.5 cm³/mol. The number of amides is 1. The molecule has 0 saturated carbocycles. The lowest BCUT2D eigenvalue weighted by Gasteiger charge is -2.39. The van der Waals surface area contributed by atoms with Gasteiger partial charge in [0.2, 0.25) is 0 Å². The van der Waals surface area contributed by atoms with Gasteiger partial charge in [-0.2, -0.15) is 0 Å². The lowest BCUT2D eigenvalue weighted by atomic mass is 9.76. The van der Waals surface area contributed by atoms with Crippen LogP contribution in [0.4, 0.5) is 0 Å². The number of carbonyl (C=O) groups is 1. The number of methoxy groups -OCH3 is 1. The third-order valence-electron chi connectivity index (χ3n) is 5.79. The minimum Gasteiger partial charge on any atom is -0.383 e. The Kier molecular flexibility index (Phi) is 5.39. The first-order chi connectivity index (χ1) is 11.9. The summed E-state index contributed by atoms with van der Waals surface area (Å²) in [7, 11) is 1.79. The van der Waals surface area contributed by atoms with E-state index in [9.17, 15) is 4.79 Å². The molecule has 0 N–H and O–H groups in total. The van der Waals surface area contributed by atoms with E-state index in [-0.39, 0.29) is 5.91 Å². The van der Waals surface area contributed by atoms with Crippen LogP contribution in [0.2, 0.25) is 0 Å². The van der Waals surface area contributed by atoms with Gasteiger partial charge in [-0.05, 0) is 45.4 Å². The topological polar surface area (TPSA) is 58.6 Å². The molecule has 25 heavy (non-hydrogen) atoms. The van der Waals surface area contributed by atoms with Crippen LogP contribution >= 0.6 is 0 Å². The van der Waals surface area contributed by atoms with Crippen LogP contribution in [0.15, 0.2) is 12.4 Å². The molecule has 0 radical (unpaired) electrons. The highest BCUT2D eigenvalue weighted by atomic mass is 16.5. The Balaban J connectivity index is 1.63.